The van der Waals surface area contributed by atoms with Gasteiger partial charge >= 0.3 is 0 Å². The maximum atomic E-state index is 4.36. The molecule has 1 fully saturated rings. The highest BCUT2D eigenvalue weighted by Crippen LogP contribution is 2.17. The number of hydrogen-bond donors (Lipinski definition) is 2. The molecule has 3 unspecified atom stereocenters. The molecule has 1 saturated heterocycles. The molecule has 3 nitrogen and oxygen atoms in total. The summed E-state index contributed by atoms with van der Waals surface area (Å²) in [7, 11) is 0. The van der Waals surface area contributed by atoms with E-state index in [2.05, 4.69) is 34.8 Å². The summed E-state index contributed by atoms with van der Waals surface area (Å²) in [6.07, 6.45) is 4.52. The van der Waals surface area contributed by atoms with Crippen LogP contribution in [0.25, 0.3) is 0 Å². The number of aromatic nitrogens is 1. The lowest BCUT2D eigenvalue weighted by atomic mass is 9.94. The Hall–Kier alpha value is -0.450. The monoisotopic (exact) mass is 253 g/mol. The summed E-state index contributed by atoms with van der Waals surface area (Å²) in [5, 5.41) is 10.4. The van der Waals surface area contributed by atoms with Crippen LogP contribution in [-0.4, -0.2) is 30.7 Å². The number of nitrogens with one attached hydrogen (secondary N) is 2. The van der Waals surface area contributed by atoms with Crippen molar-refractivity contribution in [1.29, 1.82) is 0 Å². The molecule has 1 aromatic heterocycles. The van der Waals surface area contributed by atoms with Gasteiger partial charge in [-0.3, -0.25) is 0 Å². The van der Waals surface area contributed by atoms with Gasteiger partial charge < -0.3 is 10.6 Å². The number of piperidine rings is 1. The molecule has 17 heavy (non-hydrogen) atoms. The van der Waals surface area contributed by atoms with Crippen LogP contribution in [0.2, 0.25) is 0 Å². The molecule has 0 aromatic carbocycles. The Kier molecular flexibility index (Phi) is 4.95. The van der Waals surface area contributed by atoms with Gasteiger partial charge in [0.1, 0.15) is 0 Å². The quantitative estimate of drug-likeness (QED) is 0.845. The summed E-state index contributed by atoms with van der Waals surface area (Å²) >= 11 is 1.75. The van der Waals surface area contributed by atoms with Gasteiger partial charge in [-0.05, 0) is 25.3 Å². The van der Waals surface area contributed by atoms with Crippen LogP contribution >= 0.6 is 11.3 Å². The van der Waals surface area contributed by atoms with Crippen LogP contribution in [0.5, 0.6) is 0 Å². The third-order valence-corrected chi connectivity index (χ3v) is 4.48. The average Bonchev–Trinajstić information content (AvgIpc) is 2.82. The van der Waals surface area contributed by atoms with Gasteiger partial charge in [0, 0.05) is 36.6 Å². The van der Waals surface area contributed by atoms with Gasteiger partial charge in [-0.1, -0.05) is 13.8 Å². The fourth-order valence-electron chi connectivity index (χ4n) is 2.42. The van der Waals surface area contributed by atoms with Gasteiger partial charge in [0.05, 0.1) is 5.01 Å². The summed E-state index contributed by atoms with van der Waals surface area (Å²) in [4.78, 5) is 4.36. The van der Waals surface area contributed by atoms with Crippen LogP contribution in [0.3, 0.4) is 0 Å². The van der Waals surface area contributed by atoms with E-state index in [9.17, 15) is 0 Å². The van der Waals surface area contributed by atoms with Crippen molar-refractivity contribution in [2.75, 3.05) is 19.6 Å². The van der Waals surface area contributed by atoms with E-state index in [1.54, 1.807) is 11.3 Å². The molecule has 1 aliphatic heterocycles. The first-order chi connectivity index (χ1) is 8.25. The first-order valence-electron chi connectivity index (χ1n) is 6.59. The van der Waals surface area contributed by atoms with Crippen LogP contribution in [0.1, 0.15) is 37.6 Å². The minimum absolute atomic E-state index is 0.524. The van der Waals surface area contributed by atoms with Crippen molar-refractivity contribution < 1.29 is 0 Å². The van der Waals surface area contributed by atoms with Gasteiger partial charge in [0.15, 0.2) is 0 Å². The molecule has 0 saturated carbocycles. The predicted molar refractivity (Wildman–Crippen MR) is 73.6 cm³/mol. The second-order valence-corrected chi connectivity index (χ2v) is 6.14. The summed E-state index contributed by atoms with van der Waals surface area (Å²) < 4.78 is 0. The summed E-state index contributed by atoms with van der Waals surface area (Å²) in [6, 6.07) is 0.655. The first-order valence-corrected chi connectivity index (χ1v) is 7.47. The van der Waals surface area contributed by atoms with Crippen LogP contribution < -0.4 is 10.6 Å². The zero-order valence-corrected chi connectivity index (χ0v) is 11.6. The van der Waals surface area contributed by atoms with Crippen LogP contribution in [0.4, 0.5) is 0 Å². The van der Waals surface area contributed by atoms with Gasteiger partial charge in [-0.2, -0.15) is 0 Å². The van der Waals surface area contributed by atoms with Crippen molar-refractivity contribution >= 4 is 11.3 Å². The molecule has 0 aliphatic carbocycles. The number of rotatable bonds is 5. The SMILES string of the molecule is CC1CCNC(CNCC(C)c2nccs2)C1. The zero-order valence-electron chi connectivity index (χ0n) is 10.8. The highest BCUT2D eigenvalue weighted by atomic mass is 32.1. The minimum atomic E-state index is 0.524. The van der Waals surface area contributed by atoms with Gasteiger partial charge in [0.2, 0.25) is 0 Å². The Morgan fingerprint density at radius 2 is 2.53 bits per heavy atom. The molecule has 0 bridgehead atoms. The lowest BCUT2D eigenvalue weighted by Crippen LogP contribution is -2.44. The molecule has 3 atom stereocenters. The molecule has 0 spiro atoms. The fraction of sp³-hybridized carbons (Fsp3) is 0.769. The predicted octanol–water partition coefficient (Wildman–Crippen LogP) is 2.22. The lowest BCUT2D eigenvalue weighted by Gasteiger charge is -2.28. The Morgan fingerprint density at radius 1 is 1.65 bits per heavy atom. The van der Waals surface area contributed by atoms with Crippen LogP contribution in [0, 0.1) is 5.92 Å². The van der Waals surface area contributed by atoms with Gasteiger partial charge in [-0.25, -0.2) is 4.98 Å². The van der Waals surface area contributed by atoms with E-state index in [4.69, 9.17) is 0 Å². The number of nitrogens with zero attached hydrogens (tertiary/aromatic N) is 1. The van der Waals surface area contributed by atoms with E-state index in [0.29, 0.717) is 12.0 Å². The molecule has 2 rings (SSSR count). The zero-order chi connectivity index (χ0) is 12.1. The smallest absolute Gasteiger partial charge is 0.0965 e. The normalized spacial score (nSPS) is 26.9. The van der Waals surface area contributed by atoms with Crippen molar-refractivity contribution in [1.82, 2.24) is 15.6 Å². The summed E-state index contributed by atoms with van der Waals surface area (Å²) in [6.45, 7) is 7.88. The molecule has 0 amide bonds. The maximum absolute atomic E-state index is 4.36. The van der Waals surface area contributed by atoms with Crippen molar-refractivity contribution in [2.24, 2.45) is 5.92 Å². The van der Waals surface area contributed by atoms with E-state index >= 15 is 0 Å². The minimum Gasteiger partial charge on any atom is -0.314 e. The van der Waals surface area contributed by atoms with Gasteiger partial charge in [0.25, 0.3) is 0 Å². The van der Waals surface area contributed by atoms with Crippen LogP contribution in [-0.2, 0) is 0 Å². The second-order valence-electron chi connectivity index (χ2n) is 5.21. The summed E-state index contributed by atoms with van der Waals surface area (Å²) in [5.41, 5.74) is 0. The van der Waals surface area contributed by atoms with E-state index in [-0.39, 0.29) is 0 Å². The topological polar surface area (TPSA) is 37.0 Å². The molecule has 2 heterocycles. The van der Waals surface area contributed by atoms with E-state index in [1.807, 2.05) is 6.20 Å². The molecular formula is C13H23N3S. The van der Waals surface area contributed by atoms with Crippen LogP contribution in [0.15, 0.2) is 11.6 Å². The largest absolute Gasteiger partial charge is 0.314 e. The Bertz CT molecular complexity index is 312. The van der Waals surface area contributed by atoms with Crippen molar-refractivity contribution in [3.63, 3.8) is 0 Å². The second kappa shape index (κ2) is 6.47. The molecular weight excluding hydrogens is 230 g/mol. The van der Waals surface area contributed by atoms with Crippen molar-refractivity contribution in [2.45, 2.75) is 38.6 Å². The highest BCUT2D eigenvalue weighted by molar-refractivity contribution is 7.09. The first kappa shape index (κ1) is 13.0. The molecule has 1 aromatic rings. The molecule has 1 aliphatic rings. The Balaban J connectivity index is 1.65. The van der Waals surface area contributed by atoms with Crippen molar-refractivity contribution in [3.8, 4) is 0 Å². The van der Waals surface area contributed by atoms with E-state index in [0.717, 1.165) is 19.0 Å². The van der Waals surface area contributed by atoms with Gasteiger partial charge in [-0.15, -0.1) is 11.3 Å². The fourth-order valence-corrected chi connectivity index (χ4v) is 3.11. The Morgan fingerprint density at radius 3 is 3.24 bits per heavy atom. The Labute approximate surface area is 108 Å². The van der Waals surface area contributed by atoms with E-state index < -0.39 is 0 Å². The van der Waals surface area contributed by atoms with E-state index in [1.165, 1.54) is 24.4 Å². The third kappa shape index (κ3) is 4.05. The maximum Gasteiger partial charge on any atom is 0.0965 e. The molecule has 96 valence electrons. The standard InChI is InChI=1S/C13H23N3S/c1-10-3-4-15-12(7-10)9-14-8-11(2)13-16-5-6-17-13/h5-6,10-12,14-15H,3-4,7-9H2,1-2H3. The number of hydrogen-bond acceptors (Lipinski definition) is 4. The molecule has 4 heteroatoms. The average molecular weight is 253 g/mol. The summed E-state index contributed by atoms with van der Waals surface area (Å²) in [5.74, 6) is 1.40. The number of thiazole rings is 1. The lowest BCUT2D eigenvalue weighted by molar-refractivity contribution is 0.310. The highest BCUT2D eigenvalue weighted by Gasteiger charge is 2.18. The molecule has 2 N–H and O–H groups in total. The molecule has 0 radical (unpaired) electrons. The third-order valence-electron chi connectivity index (χ3n) is 3.47. The van der Waals surface area contributed by atoms with Crippen molar-refractivity contribution in [3.05, 3.63) is 16.6 Å².